The van der Waals surface area contributed by atoms with Crippen molar-refractivity contribution < 1.29 is 0 Å². The van der Waals surface area contributed by atoms with Gasteiger partial charge in [-0.15, -0.1) is 11.3 Å². The number of rotatable bonds is 5. The molecule has 0 saturated carbocycles. The molecular weight excluding hydrogens is 629 g/mol. The van der Waals surface area contributed by atoms with E-state index in [1.807, 2.05) is 36.4 Å². The van der Waals surface area contributed by atoms with Crippen LogP contribution in [0.4, 0.5) is 0 Å². The summed E-state index contributed by atoms with van der Waals surface area (Å²) in [6.45, 7) is 0. The molecule has 50 heavy (non-hydrogen) atoms. The zero-order valence-electron chi connectivity index (χ0n) is 26.9. The second kappa shape index (κ2) is 11.6. The largest absolute Gasteiger partial charge is 0.309 e. The summed E-state index contributed by atoms with van der Waals surface area (Å²) in [6, 6.07) is 59.7. The number of hydrogen-bond donors (Lipinski definition) is 0. The maximum absolute atomic E-state index is 5.19. The van der Waals surface area contributed by atoms with Crippen molar-refractivity contribution >= 4 is 53.3 Å². The van der Waals surface area contributed by atoms with Crippen LogP contribution in [-0.4, -0.2) is 19.5 Å². The molecule has 3 aromatic heterocycles. The lowest BCUT2D eigenvalue weighted by molar-refractivity contribution is 1.07. The number of benzene rings is 7. The first kappa shape index (κ1) is 28.6. The van der Waals surface area contributed by atoms with Crippen LogP contribution >= 0.6 is 11.3 Å². The Morgan fingerprint density at radius 1 is 0.380 bits per heavy atom. The minimum Gasteiger partial charge on any atom is -0.309 e. The van der Waals surface area contributed by atoms with Gasteiger partial charge in [0, 0.05) is 53.3 Å². The van der Waals surface area contributed by atoms with Gasteiger partial charge in [0.2, 0.25) is 0 Å². The summed E-state index contributed by atoms with van der Waals surface area (Å²) < 4.78 is 4.79. The van der Waals surface area contributed by atoms with E-state index in [0.717, 1.165) is 38.1 Å². The lowest BCUT2D eigenvalue weighted by Gasteiger charge is -2.13. The summed E-state index contributed by atoms with van der Waals surface area (Å²) in [4.78, 5) is 15.4. The Bertz CT molecular complexity index is 2800. The van der Waals surface area contributed by atoms with Gasteiger partial charge < -0.3 is 4.57 Å². The third-order valence-electron chi connectivity index (χ3n) is 9.44. The maximum Gasteiger partial charge on any atom is 0.165 e. The third kappa shape index (κ3) is 4.71. The number of aromatic nitrogens is 4. The molecule has 7 aromatic carbocycles. The fourth-order valence-corrected chi connectivity index (χ4v) is 8.29. The van der Waals surface area contributed by atoms with Crippen molar-refractivity contribution in [3.63, 3.8) is 0 Å². The van der Waals surface area contributed by atoms with Gasteiger partial charge in [-0.05, 0) is 47.5 Å². The standard InChI is InChI=1S/C45H28N4S/c1-4-14-29(15-5-1)32-24-25-40-36(26-32)34-20-10-12-22-39(34)49(40)33-27-37-35-21-11-13-23-41(35)50-42(37)38(28-33)45-47-43(30-16-6-2-7-17-30)46-44(48-45)31-18-8-3-9-19-31/h1-28H. The van der Waals surface area contributed by atoms with Crippen LogP contribution in [0.5, 0.6) is 0 Å². The second-order valence-electron chi connectivity index (χ2n) is 12.5. The fraction of sp³-hybridized carbons (Fsp3) is 0. The minimum atomic E-state index is 0.652. The highest BCUT2D eigenvalue weighted by atomic mass is 32.1. The summed E-state index contributed by atoms with van der Waals surface area (Å²) in [5.74, 6) is 1.96. The number of fused-ring (bicyclic) bond motifs is 6. The Kier molecular flexibility index (Phi) is 6.64. The van der Waals surface area contributed by atoms with E-state index < -0.39 is 0 Å². The normalized spacial score (nSPS) is 11.6. The molecule has 0 fully saturated rings. The Labute approximate surface area is 292 Å². The molecule has 5 heteroatoms. The highest BCUT2D eigenvalue weighted by molar-refractivity contribution is 7.26. The summed E-state index contributed by atoms with van der Waals surface area (Å²) in [5, 5.41) is 4.85. The van der Waals surface area contributed by atoms with Crippen molar-refractivity contribution in [2.45, 2.75) is 0 Å². The SMILES string of the molecule is c1ccc(-c2ccc3c(c2)c2ccccc2n3-c2cc(-c3nc(-c4ccccc4)nc(-c4ccccc4)n3)c3sc4ccccc4c3c2)cc1. The number of hydrogen-bond acceptors (Lipinski definition) is 4. The zero-order valence-corrected chi connectivity index (χ0v) is 27.7. The molecule has 0 amide bonds. The maximum atomic E-state index is 5.19. The third-order valence-corrected chi connectivity index (χ3v) is 10.7. The van der Waals surface area contributed by atoms with Crippen LogP contribution < -0.4 is 0 Å². The van der Waals surface area contributed by atoms with E-state index in [2.05, 4.69) is 138 Å². The van der Waals surface area contributed by atoms with E-state index in [0.29, 0.717) is 17.5 Å². The van der Waals surface area contributed by atoms with Gasteiger partial charge in [0.15, 0.2) is 17.5 Å². The molecule has 0 saturated heterocycles. The monoisotopic (exact) mass is 656 g/mol. The molecule has 0 aliphatic carbocycles. The Hall–Kier alpha value is -6.43. The second-order valence-corrected chi connectivity index (χ2v) is 13.5. The molecule has 10 rings (SSSR count). The molecule has 0 aliphatic heterocycles. The quantitative estimate of drug-likeness (QED) is 0.185. The van der Waals surface area contributed by atoms with E-state index in [9.17, 15) is 0 Å². The minimum absolute atomic E-state index is 0.652. The topological polar surface area (TPSA) is 43.6 Å². The molecule has 0 radical (unpaired) electrons. The molecule has 0 unspecified atom stereocenters. The average molecular weight is 657 g/mol. The van der Waals surface area contributed by atoms with E-state index in [-0.39, 0.29) is 0 Å². The van der Waals surface area contributed by atoms with Crippen molar-refractivity contribution in [3.05, 3.63) is 170 Å². The lowest BCUT2D eigenvalue weighted by atomic mass is 10.0. The smallest absolute Gasteiger partial charge is 0.165 e. The van der Waals surface area contributed by atoms with E-state index in [4.69, 9.17) is 15.0 Å². The average Bonchev–Trinajstić information content (AvgIpc) is 3.74. The van der Waals surface area contributed by atoms with Crippen LogP contribution in [0.2, 0.25) is 0 Å². The molecule has 0 aliphatic rings. The van der Waals surface area contributed by atoms with Gasteiger partial charge in [0.05, 0.1) is 11.0 Å². The van der Waals surface area contributed by atoms with Gasteiger partial charge in [-0.3, -0.25) is 0 Å². The summed E-state index contributed by atoms with van der Waals surface area (Å²) in [5.41, 5.74) is 8.68. The van der Waals surface area contributed by atoms with Crippen LogP contribution in [0.15, 0.2) is 170 Å². The lowest BCUT2D eigenvalue weighted by Crippen LogP contribution is -2.01. The van der Waals surface area contributed by atoms with E-state index in [1.165, 1.54) is 37.4 Å². The van der Waals surface area contributed by atoms with Crippen LogP contribution in [-0.2, 0) is 0 Å². The fourth-order valence-electron chi connectivity index (χ4n) is 7.10. The predicted octanol–water partition coefficient (Wildman–Crippen LogP) is 12.0. The van der Waals surface area contributed by atoms with E-state index in [1.54, 1.807) is 11.3 Å². The highest BCUT2D eigenvalue weighted by Gasteiger charge is 2.20. The summed E-state index contributed by atoms with van der Waals surface area (Å²) in [6.07, 6.45) is 0. The van der Waals surface area contributed by atoms with Crippen molar-refractivity contribution in [2.75, 3.05) is 0 Å². The number of para-hydroxylation sites is 1. The molecule has 0 atom stereocenters. The van der Waals surface area contributed by atoms with Crippen molar-refractivity contribution in [3.8, 4) is 51.0 Å². The number of thiophene rings is 1. The van der Waals surface area contributed by atoms with Gasteiger partial charge >= 0.3 is 0 Å². The van der Waals surface area contributed by atoms with Crippen LogP contribution in [0, 0.1) is 0 Å². The molecular formula is C45H28N4S. The van der Waals surface area contributed by atoms with Crippen LogP contribution in [0.25, 0.3) is 93.0 Å². The Morgan fingerprint density at radius 3 is 1.64 bits per heavy atom. The predicted molar refractivity (Wildman–Crippen MR) is 209 cm³/mol. The van der Waals surface area contributed by atoms with Crippen LogP contribution in [0.3, 0.4) is 0 Å². The molecule has 10 aromatic rings. The molecule has 0 spiro atoms. The van der Waals surface area contributed by atoms with Crippen molar-refractivity contribution in [1.29, 1.82) is 0 Å². The number of nitrogens with zero attached hydrogens (tertiary/aromatic N) is 4. The first-order valence-corrected chi connectivity index (χ1v) is 17.5. The van der Waals surface area contributed by atoms with Crippen molar-refractivity contribution in [2.24, 2.45) is 0 Å². The Morgan fingerprint density at radius 2 is 0.940 bits per heavy atom. The zero-order chi connectivity index (χ0) is 33.0. The molecule has 234 valence electrons. The first-order chi connectivity index (χ1) is 24.8. The molecule has 0 bridgehead atoms. The summed E-state index contributed by atoms with van der Waals surface area (Å²) >= 11 is 1.79. The van der Waals surface area contributed by atoms with Gasteiger partial charge in [-0.1, -0.05) is 133 Å². The van der Waals surface area contributed by atoms with Gasteiger partial charge in [-0.2, -0.15) is 0 Å². The van der Waals surface area contributed by atoms with Gasteiger partial charge in [0.1, 0.15) is 0 Å². The van der Waals surface area contributed by atoms with Gasteiger partial charge in [0.25, 0.3) is 0 Å². The highest BCUT2D eigenvalue weighted by Crippen LogP contribution is 2.43. The summed E-state index contributed by atoms with van der Waals surface area (Å²) in [7, 11) is 0. The molecule has 3 heterocycles. The van der Waals surface area contributed by atoms with Crippen LogP contribution in [0.1, 0.15) is 0 Å². The van der Waals surface area contributed by atoms with Gasteiger partial charge in [-0.25, -0.2) is 15.0 Å². The first-order valence-electron chi connectivity index (χ1n) is 16.7. The molecule has 0 N–H and O–H groups in total. The molecule has 4 nitrogen and oxygen atoms in total. The van der Waals surface area contributed by atoms with E-state index >= 15 is 0 Å². The Balaban J connectivity index is 1.28. The van der Waals surface area contributed by atoms with Crippen molar-refractivity contribution in [1.82, 2.24) is 19.5 Å².